The number of fused-ring (bicyclic) bond motifs is 5. The van der Waals surface area contributed by atoms with E-state index in [2.05, 4.69) is 88.4 Å². The SMILES string of the molecule is CC1(C)OB(c2ccc3c(c2)-c2ccc(-c4nc(-c5ccccc5)nc(-c5ccccc5)n4)cc2C32CCCCC2)OC1(C)C. The van der Waals surface area contributed by atoms with Gasteiger partial charge in [-0.15, -0.1) is 0 Å². The summed E-state index contributed by atoms with van der Waals surface area (Å²) in [5, 5.41) is 0. The molecular weight excluding hydrogens is 553 g/mol. The first-order valence-corrected chi connectivity index (χ1v) is 16.3. The zero-order valence-corrected chi connectivity index (χ0v) is 26.5. The van der Waals surface area contributed by atoms with E-state index in [9.17, 15) is 0 Å². The summed E-state index contributed by atoms with van der Waals surface area (Å²) in [6, 6.07) is 34.1. The van der Waals surface area contributed by atoms with Crippen LogP contribution in [0.4, 0.5) is 0 Å². The second kappa shape index (κ2) is 10.5. The highest BCUT2D eigenvalue weighted by Crippen LogP contribution is 2.56. The summed E-state index contributed by atoms with van der Waals surface area (Å²) in [4.78, 5) is 15.0. The molecule has 4 aromatic carbocycles. The molecule has 1 aliphatic heterocycles. The quantitative estimate of drug-likeness (QED) is 0.197. The van der Waals surface area contributed by atoms with Crippen LogP contribution in [0, 0.1) is 0 Å². The van der Waals surface area contributed by atoms with Crippen LogP contribution in [0.3, 0.4) is 0 Å². The Labute approximate surface area is 266 Å². The number of hydrogen-bond donors (Lipinski definition) is 0. The Morgan fingerprint density at radius 2 is 1.09 bits per heavy atom. The van der Waals surface area contributed by atoms with E-state index in [4.69, 9.17) is 24.3 Å². The summed E-state index contributed by atoms with van der Waals surface area (Å²) in [6.45, 7) is 8.45. The highest BCUT2D eigenvalue weighted by molar-refractivity contribution is 6.62. The number of rotatable bonds is 4. The Kier molecular flexibility index (Phi) is 6.60. The monoisotopic (exact) mass is 591 g/mol. The van der Waals surface area contributed by atoms with Crippen molar-refractivity contribution < 1.29 is 9.31 Å². The van der Waals surface area contributed by atoms with Crippen molar-refractivity contribution in [1.82, 2.24) is 15.0 Å². The maximum atomic E-state index is 6.46. The summed E-state index contributed by atoms with van der Waals surface area (Å²) in [5.74, 6) is 2.07. The van der Waals surface area contributed by atoms with Crippen molar-refractivity contribution in [3.63, 3.8) is 0 Å². The molecule has 45 heavy (non-hydrogen) atoms. The third kappa shape index (κ3) is 4.65. The molecule has 1 saturated heterocycles. The summed E-state index contributed by atoms with van der Waals surface area (Å²) in [5.41, 5.74) is 8.71. The van der Waals surface area contributed by atoms with Gasteiger partial charge in [-0.3, -0.25) is 0 Å². The van der Waals surface area contributed by atoms with Crippen molar-refractivity contribution in [3.05, 3.63) is 108 Å². The van der Waals surface area contributed by atoms with Gasteiger partial charge < -0.3 is 9.31 Å². The molecule has 0 atom stereocenters. The van der Waals surface area contributed by atoms with Gasteiger partial charge in [-0.2, -0.15) is 0 Å². The molecule has 0 radical (unpaired) electrons. The van der Waals surface area contributed by atoms with E-state index in [0.29, 0.717) is 17.5 Å². The molecule has 2 aliphatic carbocycles. The largest absolute Gasteiger partial charge is 0.494 e. The molecule has 1 aromatic heterocycles. The number of aromatic nitrogens is 3. The Balaban J connectivity index is 1.26. The highest BCUT2D eigenvalue weighted by atomic mass is 16.7. The lowest BCUT2D eigenvalue weighted by Crippen LogP contribution is -2.41. The van der Waals surface area contributed by atoms with Gasteiger partial charge in [0.2, 0.25) is 0 Å². The van der Waals surface area contributed by atoms with Crippen molar-refractivity contribution >= 4 is 12.6 Å². The maximum absolute atomic E-state index is 6.46. The van der Waals surface area contributed by atoms with Crippen molar-refractivity contribution in [1.29, 1.82) is 0 Å². The minimum absolute atomic E-state index is 0.00899. The zero-order valence-electron chi connectivity index (χ0n) is 26.5. The predicted molar refractivity (Wildman–Crippen MR) is 181 cm³/mol. The topological polar surface area (TPSA) is 57.1 Å². The molecule has 1 spiro atoms. The van der Waals surface area contributed by atoms with Crippen LogP contribution in [0.1, 0.15) is 70.9 Å². The highest BCUT2D eigenvalue weighted by Gasteiger charge is 2.52. The molecule has 0 unspecified atom stereocenters. The van der Waals surface area contributed by atoms with Crippen molar-refractivity contribution in [3.8, 4) is 45.3 Å². The molecule has 0 amide bonds. The molecule has 2 heterocycles. The Hall–Kier alpha value is -4.13. The second-order valence-corrected chi connectivity index (χ2v) is 13.8. The maximum Gasteiger partial charge on any atom is 0.494 e. The third-order valence-electron chi connectivity index (χ3n) is 10.6. The van der Waals surface area contributed by atoms with Gasteiger partial charge in [-0.1, -0.05) is 110 Å². The van der Waals surface area contributed by atoms with E-state index < -0.39 is 0 Å². The van der Waals surface area contributed by atoms with Crippen LogP contribution in [0.25, 0.3) is 45.3 Å². The van der Waals surface area contributed by atoms with E-state index in [1.807, 2.05) is 36.4 Å². The normalized spacial score (nSPS) is 19.0. The predicted octanol–water partition coefficient (Wildman–Crippen LogP) is 8.40. The van der Waals surface area contributed by atoms with Crippen LogP contribution in [-0.2, 0) is 14.7 Å². The molecule has 0 N–H and O–H groups in total. The molecule has 0 bridgehead atoms. The third-order valence-corrected chi connectivity index (χ3v) is 10.6. The molecule has 3 aliphatic rings. The van der Waals surface area contributed by atoms with Crippen LogP contribution in [-0.4, -0.2) is 33.3 Å². The van der Waals surface area contributed by atoms with E-state index in [1.165, 1.54) is 41.5 Å². The fourth-order valence-corrected chi connectivity index (χ4v) is 7.42. The lowest BCUT2D eigenvalue weighted by molar-refractivity contribution is 0.00578. The average Bonchev–Trinajstić information content (AvgIpc) is 3.46. The summed E-state index contributed by atoms with van der Waals surface area (Å²) >= 11 is 0. The Morgan fingerprint density at radius 3 is 1.67 bits per heavy atom. The molecular formula is C39H38BN3O2. The summed E-state index contributed by atoms with van der Waals surface area (Å²) < 4.78 is 12.9. The zero-order chi connectivity index (χ0) is 30.8. The minimum Gasteiger partial charge on any atom is -0.399 e. The van der Waals surface area contributed by atoms with Crippen LogP contribution >= 0.6 is 0 Å². The molecule has 6 heteroatoms. The molecule has 5 aromatic rings. The fourth-order valence-electron chi connectivity index (χ4n) is 7.42. The molecule has 224 valence electrons. The van der Waals surface area contributed by atoms with Gasteiger partial charge in [-0.25, -0.2) is 15.0 Å². The number of nitrogens with zero attached hydrogens (tertiary/aromatic N) is 3. The summed E-state index contributed by atoms with van der Waals surface area (Å²) in [6.07, 6.45) is 6.03. The van der Waals surface area contributed by atoms with Crippen LogP contribution < -0.4 is 5.46 Å². The van der Waals surface area contributed by atoms with Crippen LogP contribution in [0.15, 0.2) is 97.1 Å². The number of benzene rings is 4. The first kappa shape index (κ1) is 28.4. The van der Waals surface area contributed by atoms with Crippen molar-refractivity contribution in [2.45, 2.75) is 76.4 Å². The molecule has 1 saturated carbocycles. The lowest BCUT2D eigenvalue weighted by Gasteiger charge is -2.36. The van der Waals surface area contributed by atoms with E-state index in [1.54, 1.807) is 0 Å². The average molecular weight is 592 g/mol. The van der Waals surface area contributed by atoms with E-state index >= 15 is 0 Å². The minimum atomic E-state index is -0.385. The van der Waals surface area contributed by atoms with Gasteiger partial charge in [0.15, 0.2) is 17.5 Å². The number of hydrogen-bond acceptors (Lipinski definition) is 5. The van der Waals surface area contributed by atoms with Crippen LogP contribution in [0.2, 0.25) is 0 Å². The standard InChI is InChI=1S/C39H38BN3O2/c1-37(2)38(3,4)45-40(44-37)29-19-21-32-31(25-29)30-20-18-28(24-33(30)39(32)22-12-7-13-23-39)36-42-34(26-14-8-5-9-15-26)41-35(43-36)27-16-10-6-11-17-27/h5-6,8-11,14-21,24-25H,7,12-13,22-23H2,1-4H3. The van der Waals surface area contributed by atoms with Gasteiger partial charge in [-0.05, 0) is 74.3 Å². The smallest absolute Gasteiger partial charge is 0.399 e. The first-order valence-electron chi connectivity index (χ1n) is 16.3. The first-order chi connectivity index (χ1) is 21.7. The second-order valence-electron chi connectivity index (χ2n) is 13.8. The van der Waals surface area contributed by atoms with Gasteiger partial charge in [0.25, 0.3) is 0 Å². The Bertz CT molecular complexity index is 1830. The molecule has 8 rings (SSSR count). The lowest BCUT2D eigenvalue weighted by atomic mass is 9.67. The fraction of sp³-hybridized carbons (Fsp3) is 0.308. The van der Waals surface area contributed by atoms with E-state index in [-0.39, 0.29) is 23.7 Å². The van der Waals surface area contributed by atoms with Crippen molar-refractivity contribution in [2.75, 3.05) is 0 Å². The van der Waals surface area contributed by atoms with Gasteiger partial charge in [0.05, 0.1) is 11.2 Å². The van der Waals surface area contributed by atoms with Crippen molar-refractivity contribution in [2.24, 2.45) is 0 Å². The van der Waals surface area contributed by atoms with Gasteiger partial charge >= 0.3 is 7.12 Å². The van der Waals surface area contributed by atoms with Gasteiger partial charge in [0, 0.05) is 22.1 Å². The van der Waals surface area contributed by atoms with Gasteiger partial charge in [0.1, 0.15) is 0 Å². The summed E-state index contributed by atoms with van der Waals surface area (Å²) in [7, 11) is -0.385. The Morgan fingerprint density at radius 1 is 0.533 bits per heavy atom. The molecule has 5 nitrogen and oxygen atoms in total. The van der Waals surface area contributed by atoms with E-state index in [0.717, 1.165) is 35.0 Å². The van der Waals surface area contributed by atoms with Crippen LogP contribution in [0.5, 0.6) is 0 Å². The molecule has 2 fully saturated rings.